The second-order valence-corrected chi connectivity index (χ2v) is 4.43. The van der Waals surface area contributed by atoms with Crippen LogP contribution in [0.5, 0.6) is 0 Å². The summed E-state index contributed by atoms with van der Waals surface area (Å²) in [6.07, 6.45) is 1.94. The van der Waals surface area contributed by atoms with Gasteiger partial charge in [-0.25, -0.2) is 0 Å². The Labute approximate surface area is 77.7 Å². The molecule has 0 aromatic rings. The molecule has 0 aromatic heterocycles. The van der Waals surface area contributed by atoms with E-state index in [2.05, 4.69) is 4.90 Å². The zero-order valence-electron chi connectivity index (χ0n) is 7.86. The summed E-state index contributed by atoms with van der Waals surface area (Å²) in [5.41, 5.74) is 5.05. The Balaban J connectivity index is 2.28. The van der Waals surface area contributed by atoms with E-state index in [4.69, 9.17) is 10.8 Å². The lowest BCUT2D eigenvalue weighted by molar-refractivity contribution is -0.148. The Morgan fingerprint density at radius 1 is 1.46 bits per heavy atom. The lowest BCUT2D eigenvalue weighted by atomic mass is 9.78. The van der Waals surface area contributed by atoms with E-state index >= 15 is 0 Å². The zero-order valence-corrected chi connectivity index (χ0v) is 7.86. The van der Waals surface area contributed by atoms with E-state index in [0.29, 0.717) is 0 Å². The predicted molar refractivity (Wildman–Crippen MR) is 48.3 cm³/mol. The van der Waals surface area contributed by atoms with Crippen LogP contribution in [0.25, 0.3) is 0 Å². The van der Waals surface area contributed by atoms with Crippen molar-refractivity contribution in [3.63, 3.8) is 0 Å². The van der Waals surface area contributed by atoms with Crippen molar-refractivity contribution in [2.24, 2.45) is 17.6 Å². The van der Waals surface area contributed by atoms with Gasteiger partial charge in [-0.05, 0) is 19.9 Å². The molecule has 74 valence electrons. The fourth-order valence-corrected chi connectivity index (χ4v) is 2.87. The molecule has 0 spiro atoms. The molecule has 2 fully saturated rings. The van der Waals surface area contributed by atoms with Crippen LogP contribution in [0.1, 0.15) is 12.8 Å². The maximum Gasteiger partial charge on any atom is 0.324 e. The molecule has 2 rings (SSSR count). The maximum absolute atomic E-state index is 11.1. The molecule has 13 heavy (non-hydrogen) atoms. The lowest BCUT2D eigenvalue weighted by Crippen LogP contribution is -2.63. The average molecular weight is 184 g/mol. The number of piperidine rings is 1. The lowest BCUT2D eigenvalue weighted by Gasteiger charge is -2.41. The summed E-state index contributed by atoms with van der Waals surface area (Å²) < 4.78 is 0. The van der Waals surface area contributed by atoms with E-state index in [1.54, 1.807) is 0 Å². The SMILES string of the molecule is CN1CC2CCC(C1)C2(N)C(=O)O. The summed E-state index contributed by atoms with van der Waals surface area (Å²) in [5.74, 6) is -0.518. The number of carboxylic acid groups (broad SMARTS) is 1. The van der Waals surface area contributed by atoms with Crippen LogP contribution in [0, 0.1) is 11.8 Å². The monoisotopic (exact) mass is 184 g/mol. The summed E-state index contributed by atoms with van der Waals surface area (Å²) in [4.78, 5) is 13.3. The normalized spacial score (nSPS) is 45.1. The highest BCUT2D eigenvalue weighted by atomic mass is 16.4. The van der Waals surface area contributed by atoms with Crippen molar-refractivity contribution in [3.8, 4) is 0 Å². The molecule has 0 aromatic carbocycles. The number of likely N-dealkylation sites (tertiary alicyclic amines) is 1. The van der Waals surface area contributed by atoms with Gasteiger partial charge in [0.2, 0.25) is 0 Å². The van der Waals surface area contributed by atoms with Gasteiger partial charge in [-0.1, -0.05) is 0 Å². The van der Waals surface area contributed by atoms with Crippen LogP contribution in [0.3, 0.4) is 0 Å². The minimum atomic E-state index is -0.938. The first-order valence-electron chi connectivity index (χ1n) is 4.76. The van der Waals surface area contributed by atoms with Crippen LogP contribution in [0.2, 0.25) is 0 Å². The Morgan fingerprint density at radius 3 is 2.31 bits per heavy atom. The molecule has 4 nitrogen and oxygen atoms in total. The smallest absolute Gasteiger partial charge is 0.324 e. The molecule has 2 unspecified atom stereocenters. The summed E-state index contributed by atoms with van der Waals surface area (Å²) >= 11 is 0. The van der Waals surface area contributed by atoms with Crippen molar-refractivity contribution >= 4 is 5.97 Å². The number of carboxylic acids is 1. The van der Waals surface area contributed by atoms with Gasteiger partial charge in [0.05, 0.1) is 0 Å². The molecular weight excluding hydrogens is 168 g/mol. The van der Waals surface area contributed by atoms with Gasteiger partial charge < -0.3 is 15.7 Å². The van der Waals surface area contributed by atoms with Crippen molar-refractivity contribution < 1.29 is 9.90 Å². The first kappa shape index (κ1) is 8.97. The van der Waals surface area contributed by atoms with E-state index < -0.39 is 11.5 Å². The molecule has 3 N–H and O–H groups in total. The topological polar surface area (TPSA) is 66.6 Å². The minimum Gasteiger partial charge on any atom is -0.480 e. The van der Waals surface area contributed by atoms with Gasteiger partial charge in [0.1, 0.15) is 5.54 Å². The zero-order chi connectivity index (χ0) is 9.64. The largest absolute Gasteiger partial charge is 0.480 e. The van der Waals surface area contributed by atoms with Crippen molar-refractivity contribution in [2.45, 2.75) is 18.4 Å². The van der Waals surface area contributed by atoms with Gasteiger partial charge in [0, 0.05) is 24.9 Å². The van der Waals surface area contributed by atoms with E-state index in [-0.39, 0.29) is 11.8 Å². The standard InChI is InChI=1S/C9H16N2O2/c1-11-4-6-2-3-7(5-11)9(6,10)8(12)13/h6-7H,2-5,10H2,1H3,(H,12,13). The average Bonchev–Trinajstić information content (AvgIpc) is 2.29. The van der Waals surface area contributed by atoms with Gasteiger partial charge >= 0.3 is 5.97 Å². The van der Waals surface area contributed by atoms with Crippen molar-refractivity contribution in [2.75, 3.05) is 20.1 Å². The number of hydrogen-bond donors (Lipinski definition) is 2. The van der Waals surface area contributed by atoms with E-state index in [9.17, 15) is 4.79 Å². The van der Waals surface area contributed by atoms with E-state index in [1.165, 1.54) is 0 Å². The van der Waals surface area contributed by atoms with Gasteiger partial charge in [-0.15, -0.1) is 0 Å². The van der Waals surface area contributed by atoms with Crippen molar-refractivity contribution in [1.82, 2.24) is 4.90 Å². The predicted octanol–water partition coefficient (Wildman–Crippen LogP) is -0.260. The van der Waals surface area contributed by atoms with Crippen molar-refractivity contribution in [3.05, 3.63) is 0 Å². The molecule has 4 heteroatoms. The van der Waals surface area contributed by atoms with Crippen LogP contribution in [-0.2, 0) is 4.79 Å². The highest BCUT2D eigenvalue weighted by Gasteiger charge is 2.55. The third kappa shape index (κ3) is 1.09. The van der Waals surface area contributed by atoms with Gasteiger partial charge in [-0.2, -0.15) is 0 Å². The van der Waals surface area contributed by atoms with Crippen molar-refractivity contribution in [1.29, 1.82) is 0 Å². The maximum atomic E-state index is 11.1. The molecule has 1 saturated carbocycles. The Kier molecular flexibility index (Phi) is 1.85. The second kappa shape index (κ2) is 2.69. The molecule has 1 saturated heterocycles. The highest BCUT2D eigenvalue weighted by molar-refractivity contribution is 5.80. The summed E-state index contributed by atoms with van der Waals surface area (Å²) in [6.45, 7) is 1.67. The minimum absolute atomic E-state index is 0.147. The molecule has 2 bridgehead atoms. The van der Waals surface area contributed by atoms with Gasteiger partial charge in [0.15, 0.2) is 0 Å². The van der Waals surface area contributed by atoms with Crippen LogP contribution in [0.4, 0.5) is 0 Å². The molecule has 1 aliphatic carbocycles. The van der Waals surface area contributed by atoms with Gasteiger partial charge in [0.25, 0.3) is 0 Å². The molecular formula is C9H16N2O2. The molecule has 1 aliphatic heterocycles. The summed E-state index contributed by atoms with van der Waals surface area (Å²) in [6, 6.07) is 0. The molecule has 1 heterocycles. The quantitative estimate of drug-likeness (QED) is 0.589. The fraction of sp³-hybridized carbons (Fsp3) is 0.889. The highest BCUT2D eigenvalue weighted by Crippen LogP contribution is 2.43. The summed E-state index contributed by atoms with van der Waals surface area (Å²) in [5, 5.41) is 9.12. The number of hydrogen-bond acceptors (Lipinski definition) is 3. The molecule has 0 amide bonds. The third-order valence-corrected chi connectivity index (χ3v) is 3.65. The molecule has 2 aliphatic rings. The Morgan fingerprint density at radius 2 is 1.92 bits per heavy atom. The number of carbonyl (C=O) groups is 1. The number of nitrogens with zero attached hydrogens (tertiary/aromatic N) is 1. The van der Waals surface area contributed by atoms with Gasteiger partial charge in [-0.3, -0.25) is 4.79 Å². The van der Waals surface area contributed by atoms with E-state index in [1.807, 2.05) is 7.05 Å². The summed E-state index contributed by atoms with van der Waals surface area (Å²) in [7, 11) is 2.03. The Bertz CT molecular complexity index is 228. The molecule has 2 atom stereocenters. The number of aliphatic carboxylic acids is 1. The van der Waals surface area contributed by atoms with E-state index in [0.717, 1.165) is 25.9 Å². The number of fused-ring (bicyclic) bond motifs is 2. The second-order valence-electron chi connectivity index (χ2n) is 4.43. The first-order chi connectivity index (χ1) is 6.05. The Hall–Kier alpha value is -0.610. The first-order valence-corrected chi connectivity index (χ1v) is 4.76. The van der Waals surface area contributed by atoms with Crippen LogP contribution in [0.15, 0.2) is 0 Å². The molecule has 0 radical (unpaired) electrons. The number of rotatable bonds is 1. The number of nitrogens with two attached hydrogens (primary N) is 1. The van der Waals surface area contributed by atoms with Crippen LogP contribution >= 0.6 is 0 Å². The fourth-order valence-electron chi connectivity index (χ4n) is 2.87. The third-order valence-electron chi connectivity index (χ3n) is 3.65. The van der Waals surface area contributed by atoms with Crippen LogP contribution < -0.4 is 5.73 Å². The van der Waals surface area contributed by atoms with Crippen LogP contribution in [-0.4, -0.2) is 41.7 Å².